The minimum absolute atomic E-state index is 0.609. The highest BCUT2D eigenvalue weighted by Crippen LogP contribution is 2.25. The summed E-state index contributed by atoms with van der Waals surface area (Å²) < 4.78 is 5.42. The van der Waals surface area contributed by atoms with E-state index < -0.39 is 0 Å². The second-order valence-electron chi connectivity index (χ2n) is 5.31. The molecule has 0 aromatic heterocycles. The normalized spacial score (nSPS) is 20.6. The zero-order valence-corrected chi connectivity index (χ0v) is 11.9. The first-order chi connectivity index (χ1) is 9.24. The molecule has 0 spiro atoms. The molecule has 2 rings (SSSR count). The van der Waals surface area contributed by atoms with Gasteiger partial charge < -0.3 is 4.74 Å². The number of hydrogen-bond acceptors (Lipinski definition) is 3. The summed E-state index contributed by atoms with van der Waals surface area (Å²) in [5, 5.41) is 9.02. The zero-order valence-electron chi connectivity index (χ0n) is 11.9. The standard InChI is InChI=1S/C16H22N2O/c1-13-6-4-3-5-9-18(13)12-15-10-14(11-17)7-8-16(15)19-2/h7-8,10,13H,3-6,9,12H2,1-2H3. The highest BCUT2D eigenvalue weighted by atomic mass is 16.5. The molecule has 0 N–H and O–H groups in total. The molecule has 0 aliphatic carbocycles. The van der Waals surface area contributed by atoms with Crippen molar-refractivity contribution < 1.29 is 4.74 Å². The van der Waals surface area contributed by atoms with Crippen molar-refractivity contribution in [3.63, 3.8) is 0 Å². The summed E-state index contributed by atoms with van der Waals surface area (Å²) in [6.07, 6.45) is 5.19. The summed E-state index contributed by atoms with van der Waals surface area (Å²) in [7, 11) is 1.69. The van der Waals surface area contributed by atoms with Crippen LogP contribution in [0, 0.1) is 11.3 Å². The van der Waals surface area contributed by atoms with Gasteiger partial charge in [-0.3, -0.25) is 4.90 Å². The topological polar surface area (TPSA) is 36.3 Å². The number of ether oxygens (including phenoxy) is 1. The summed E-state index contributed by atoms with van der Waals surface area (Å²) in [5.41, 5.74) is 1.83. The van der Waals surface area contributed by atoms with Gasteiger partial charge in [-0.2, -0.15) is 5.26 Å². The van der Waals surface area contributed by atoms with E-state index in [2.05, 4.69) is 17.9 Å². The van der Waals surface area contributed by atoms with Gasteiger partial charge in [0.15, 0.2) is 0 Å². The van der Waals surface area contributed by atoms with Crippen LogP contribution in [0.2, 0.25) is 0 Å². The highest BCUT2D eigenvalue weighted by molar-refractivity contribution is 5.42. The molecule has 1 aliphatic heterocycles. The lowest BCUT2D eigenvalue weighted by Gasteiger charge is -2.27. The van der Waals surface area contributed by atoms with Gasteiger partial charge >= 0.3 is 0 Å². The van der Waals surface area contributed by atoms with Gasteiger partial charge in [-0.1, -0.05) is 12.8 Å². The molecule has 1 aromatic rings. The Morgan fingerprint density at radius 1 is 1.37 bits per heavy atom. The Balaban J connectivity index is 2.18. The predicted molar refractivity (Wildman–Crippen MR) is 76.0 cm³/mol. The molecule has 1 unspecified atom stereocenters. The van der Waals surface area contributed by atoms with Crippen molar-refractivity contribution in [1.29, 1.82) is 5.26 Å². The van der Waals surface area contributed by atoms with E-state index in [1.54, 1.807) is 7.11 Å². The summed E-state index contributed by atoms with van der Waals surface area (Å²) in [6, 6.07) is 8.48. The maximum absolute atomic E-state index is 9.02. The fourth-order valence-corrected chi connectivity index (χ4v) is 2.76. The summed E-state index contributed by atoms with van der Waals surface area (Å²) in [5.74, 6) is 0.885. The second kappa shape index (κ2) is 6.58. The van der Waals surface area contributed by atoms with E-state index in [1.807, 2.05) is 18.2 Å². The highest BCUT2D eigenvalue weighted by Gasteiger charge is 2.18. The maximum atomic E-state index is 9.02. The third-order valence-electron chi connectivity index (χ3n) is 3.97. The van der Waals surface area contributed by atoms with Crippen LogP contribution >= 0.6 is 0 Å². The lowest BCUT2D eigenvalue weighted by Crippen LogP contribution is -2.32. The third kappa shape index (κ3) is 3.48. The molecular formula is C16H22N2O. The minimum atomic E-state index is 0.609. The lowest BCUT2D eigenvalue weighted by molar-refractivity contribution is 0.202. The first-order valence-corrected chi connectivity index (χ1v) is 7.05. The van der Waals surface area contributed by atoms with E-state index >= 15 is 0 Å². The van der Waals surface area contributed by atoms with Crippen LogP contribution in [0.15, 0.2) is 18.2 Å². The van der Waals surface area contributed by atoms with Crippen molar-refractivity contribution in [3.05, 3.63) is 29.3 Å². The van der Waals surface area contributed by atoms with E-state index in [1.165, 1.54) is 25.7 Å². The molecule has 0 amide bonds. The van der Waals surface area contributed by atoms with Crippen molar-refractivity contribution in [3.8, 4) is 11.8 Å². The van der Waals surface area contributed by atoms with E-state index in [-0.39, 0.29) is 0 Å². The smallest absolute Gasteiger partial charge is 0.123 e. The first kappa shape index (κ1) is 13.9. The van der Waals surface area contributed by atoms with Gasteiger partial charge in [0.1, 0.15) is 5.75 Å². The van der Waals surface area contributed by atoms with E-state index in [4.69, 9.17) is 10.00 Å². The molecule has 102 valence electrons. The van der Waals surface area contributed by atoms with Crippen LogP contribution in [0.25, 0.3) is 0 Å². The molecule has 1 atom stereocenters. The Hall–Kier alpha value is -1.53. The fourth-order valence-electron chi connectivity index (χ4n) is 2.76. The average molecular weight is 258 g/mol. The molecule has 1 aliphatic rings. The SMILES string of the molecule is COc1ccc(C#N)cc1CN1CCCCCC1C. The summed E-state index contributed by atoms with van der Waals surface area (Å²) in [6.45, 7) is 4.31. The number of benzene rings is 1. The average Bonchev–Trinajstić information content (AvgIpc) is 2.64. The molecular weight excluding hydrogens is 236 g/mol. The monoisotopic (exact) mass is 258 g/mol. The number of nitriles is 1. The zero-order chi connectivity index (χ0) is 13.7. The van der Waals surface area contributed by atoms with Crippen LogP contribution in [-0.4, -0.2) is 24.6 Å². The van der Waals surface area contributed by atoms with E-state index in [0.29, 0.717) is 11.6 Å². The van der Waals surface area contributed by atoms with Crippen molar-refractivity contribution in [2.45, 2.75) is 45.2 Å². The number of nitrogens with zero attached hydrogens (tertiary/aromatic N) is 2. The predicted octanol–water partition coefficient (Wildman–Crippen LogP) is 3.33. The Bertz CT molecular complexity index is 464. The summed E-state index contributed by atoms with van der Waals surface area (Å²) >= 11 is 0. The third-order valence-corrected chi connectivity index (χ3v) is 3.97. The summed E-state index contributed by atoms with van der Waals surface area (Å²) in [4.78, 5) is 2.51. The Morgan fingerprint density at radius 3 is 2.95 bits per heavy atom. The van der Waals surface area contributed by atoms with E-state index in [0.717, 1.165) is 24.4 Å². The molecule has 19 heavy (non-hydrogen) atoms. The molecule has 1 fully saturated rings. The quantitative estimate of drug-likeness (QED) is 0.834. The van der Waals surface area contributed by atoms with Gasteiger partial charge in [-0.05, 0) is 44.5 Å². The van der Waals surface area contributed by atoms with Crippen molar-refractivity contribution in [1.82, 2.24) is 4.90 Å². The molecule has 3 nitrogen and oxygen atoms in total. The Morgan fingerprint density at radius 2 is 2.21 bits per heavy atom. The Labute approximate surface area is 115 Å². The number of rotatable bonds is 3. The molecule has 0 bridgehead atoms. The molecule has 1 saturated heterocycles. The van der Waals surface area contributed by atoms with Crippen LogP contribution in [0.5, 0.6) is 5.75 Å². The number of hydrogen-bond donors (Lipinski definition) is 0. The molecule has 3 heteroatoms. The van der Waals surface area contributed by atoms with Gasteiger partial charge in [0.25, 0.3) is 0 Å². The Kier molecular flexibility index (Phi) is 4.81. The lowest BCUT2D eigenvalue weighted by atomic mass is 10.1. The van der Waals surface area contributed by atoms with Crippen molar-refractivity contribution in [2.24, 2.45) is 0 Å². The van der Waals surface area contributed by atoms with Crippen LogP contribution in [0.3, 0.4) is 0 Å². The second-order valence-corrected chi connectivity index (χ2v) is 5.31. The fraction of sp³-hybridized carbons (Fsp3) is 0.562. The van der Waals surface area contributed by atoms with Crippen molar-refractivity contribution >= 4 is 0 Å². The van der Waals surface area contributed by atoms with Crippen LogP contribution in [-0.2, 0) is 6.54 Å². The molecule has 0 radical (unpaired) electrons. The van der Waals surface area contributed by atoms with Gasteiger partial charge in [0.05, 0.1) is 18.7 Å². The minimum Gasteiger partial charge on any atom is -0.496 e. The van der Waals surface area contributed by atoms with Gasteiger partial charge in [-0.15, -0.1) is 0 Å². The van der Waals surface area contributed by atoms with E-state index in [9.17, 15) is 0 Å². The number of likely N-dealkylation sites (tertiary alicyclic amines) is 1. The van der Waals surface area contributed by atoms with Gasteiger partial charge in [0, 0.05) is 18.2 Å². The largest absolute Gasteiger partial charge is 0.496 e. The molecule has 1 aromatic carbocycles. The van der Waals surface area contributed by atoms with Crippen LogP contribution in [0.1, 0.15) is 43.7 Å². The van der Waals surface area contributed by atoms with Gasteiger partial charge in [-0.25, -0.2) is 0 Å². The maximum Gasteiger partial charge on any atom is 0.123 e. The van der Waals surface area contributed by atoms with Gasteiger partial charge in [0.2, 0.25) is 0 Å². The molecule has 0 saturated carbocycles. The van der Waals surface area contributed by atoms with Crippen LogP contribution in [0.4, 0.5) is 0 Å². The molecule has 1 heterocycles. The first-order valence-electron chi connectivity index (χ1n) is 7.05. The van der Waals surface area contributed by atoms with Crippen LogP contribution < -0.4 is 4.74 Å². The van der Waals surface area contributed by atoms with Crippen molar-refractivity contribution in [2.75, 3.05) is 13.7 Å². The number of methoxy groups -OCH3 is 1.